The number of carbonyl (C=O) groups is 1. The van der Waals surface area contributed by atoms with Gasteiger partial charge in [-0.1, -0.05) is 25.8 Å². The van der Waals surface area contributed by atoms with Crippen LogP contribution in [0.25, 0.3) is 0 Å². The lowest BCUT2D eigenvalue weighted by molar-refractivity contribution is -0.116. The summed E-state index contributed by atoms with van der Waals surface area (Å²) in [5, 5.41) is 10.8. The highest BCUT2D eigenvalue weighted by Crippen LogP contribution is 2.63. The number of carbonyl (C=O) groups excluding carboxylic acids is 1. The first kappa shape index (κ1) is 14.9. The van der Waals surface area contributed by atoms with Gasteiger partial charge in [-0.15, -0.1) is 0 Å². The molecule has 0 aromatic rings. The minimum absolute atomic E-state index is 0.0895. The van der Waals surface area contributed by atoms with Gasteiger partial charge in [0.1, 0.15) is 0 Å². The van der Waals surface area contributed by atoms with E-state index in [0.717, 1.165) is 37.5 Å². The van der Waals surface area contributed by atoms with E-state index in [4.69, 9.17) is 0 Å². The van der Waals surface area contributed by atoms with E-state index in [1.165, 1.54) is 31.3 Å². The fourth-order valence-electron chi connectivity index (χ4n) is 6.72. The summed E-state index contributed by atoms with van der Waals surface area (Å²) in [5.74, 6) is 3.84. The highest BCUT2D eigenvalue weighted by atomic mass is 16.3. The summed E-state index contributed by atoms with van der Waals surface area (Å²) in [7, 11) is 0. The second kappa shape index (κ2) is 5.19. The molecule has 0 aliphatic heterocycles. The maximum atomic E-state index is 11.7. The van der Waals surface area contributed by atoms with Gasteiger partial charge >= 0.3 is 0 Å². The van der Waals surface area contributed by atoms with Crippen LogP contribution >= 0.6 is 0 Å². The van der Waals surface area contributed by atoms with Gasteiger partial charge in [0, 0.05) is 6.42 Å². The first-order valence-electron chi connectivity index (χ1n) is 9.46. The summed E-state index contributed by atoms with van der Waals surface area (Å²) in [6, 6.07) is 0. The Balaban J connectivity index is 1.62. The number of ketones is 1. The molecule has 2 nitrogen and oxygen atoms in total. The minimum atomic E-state index is -0.0895. The van der Waals surface area contributed by atoms with Crippen LogP contribution in [0.5, 0.6) is 0 Å². The van der Waals surface area contributed by atoms with Crippen LogP contribution in [0.15, 0.2) is 11.6 Å². The molecule has 0 amide bonds. The van der Waals surface area contributed by atoms with Crippen LogP contribution in [0.2, 0.25) is 0 Å². The zero-order chi connectivity index (χ0) is 15.5. The number of hydrogen-bond donors (Lipinski definition) is 1. The Kier molecular flexibility index (Phi) is 3.52. The summed E-state index contributed by atoms with van der Waals surface area (Å²) in [5.41, 5.74) is 1.62. The van der Waals surface area contributed by atoms with E-state index < -0.39 is 0 Å². The molecule has 22 heavy (non-hydrogen) atoms. The Labute approximate surface area is 134 Å². The van der Waals surface area contributed by atoms with Crippen LogP contribution in [-0.2, 0) is 4.79 Å². The third-order valence-corrected chi connectivity index (χ3v) is 7.94. The third-order valence-electron chi connectivity index (χ3n) is 7.94. The average Bonchev–Trinajstić information content (AvgIpc) is 2.78. The van der Waals surface area contributed by atoms with Gasteiger partial charge in [-0.05, 0) is 79.6 Å². The third kappa shape index (κ3) is 1.99. The zero-order valence-corrected chi connectivity index (χ0v) is 14.1. The molecule has 7 atom stereocenters. The largest absolute Gasteiger partial charge is 0.392 e. The number of hydrogen-bond acceptors (Lipinski definition) is 2. The van der Waals surface area contributed by atoms with Crippen molar-refractivity contribution in [3.63, 3.8) is 0 Å². The van der Waals surface area contributed by atoms with Crippen molar-refractivity contribution in [1.29, 1.82) is 0 Å². The van der Waals surface area contributed by atoms with Gasteiger partial charge < -0.3 is 5.11 Å². The van der Waals surface area contributed by atoms with E-state index in [9.17, 15) is 9.90 Å². The van der Waals surface area contributed by atoms with E-state index in [2.05, 4.69) is 13.8 Å². The molecule has 4 rings (SSSR count). The maximum absolute atomic E-state index is 11.7. The topological polar surface area (TPSA) is 37.3 Å². The highest BCUT2D eigenvalue weighted by Gasteiger charge is 2.58. The van der Waals surface area contributed by atoms with Crippen LogP contribution in [0.1, 0.15) is 65.2 Å². The Bertz CT molecular complexity index is 508. The van der Waals surface area contributed by atoms with Crippen molar-refractivity contribution in [2.75, 3.05) is 0 Å². The van der Waals surface area contributed by atoms with Crippen molar-refractivity contribution in [3.8, 4) is 0 Å². The van der Waals surface area contributed by atoms with Gasteiger partial charge in [-0.2, -0.15) is 0 Å². The van der Waals surface area contributed by atoms with Crippen LogP contribution in [-0.4, -0.2) is 17.0 Å². The van der Waals surface area contributed by atoms with Crippen LogP contribution in [0.3, 0.4) is 0 Å². The average molecular weight is 302 g/mol. The molecule has 4 aliphatic carbocycles. The van der Waals surface area contributed by atoms with Gasteiger partial charge in [0.15, 0.2) is 5.78 Å². The molecule has 0 heterocycles. The van der Waals surface area contributed by atoms with Gasteiger partial charge in [0.25, 0.3) is 0 Å². The summed E-state index contributed by atoms with van der Waals surface area (Å²) >= 11 is 0. The summed E-state index contributed by atoms with van der Waals surface area (Å²) in [6.07, 6.45) is 10.9. The van der Waals surface area contributed by atoms with Crippen molar-refractivity contribution in [2.45, 2.75) is 71.3 Å². The first-order valence-corrected chi connectivity index (χ1v) is 9.46. The molecule has 2 heteroatoms. The van der Waals surface area contributed by atoms with Crippen molar-refractivity contribution in [2.24, 2.45) is 35.0 Å². The Morgan fingerprint density at radius 3 is 2.82 bits per heavy atom. The van der Waals surface area contributed by atoms with Crippen LogP contribution in [0.4, 0.5) is 0 Å². The van der Waals surface area contributed by atoms with E-state index in [1.54, 1.807) is 0 Å². The predicted octanol–water partition coefficient (Wildman–Crippen LogP) is 4.13. The molecule has 122 valence electrons. The SMILES string of the molecule is CC[C@H]1C[C@H]2[C@@H]3CCC4=CC(=O)CC[C@@H]4[C@H]3CC[C@]2(C)C1O. The number of fused-ring (bicyclic) bond motifs is 5. The Morgan fingerprint density at radius 1 is 1.23 bits per heavy atom. The lowest BCUT2D eigenvalue weighted by Crippen LogP contribution is -2.47. The molecule has 0 saturated heterocycles. The predicted molar refractivity (Wildman–Crippen MR) is 87.3 cm³/mol. The quantitative estimate of drug-likeness (QED) is 0.791. The molecule has 1 unspecified atom stereocenters. The molecular weight excluding hydrogens is 272 g/mol. The fourth-order valence-corrected chi connectivity index (χ4v) is 6.72. The number of rotatable bonds is 1. The summed E-state index contributed by atoms with van der Waals surface area (Å²) in [4.78, 5) is 11.7. The number of aliphatic hydroxyl groups is 1. The van der Waals surface area contributed by atoms with Crippen molar-refractivity contribution in [3.05, 3.63) is 11.6 Å². The molecule has 0 bridgehead atoms. The molecule has 3 saturated carbocycles. The lowest BCUT2D eigenvalue weighted by Gasteiger charge is -2.53. The van der Waals surface area contributed by atoms with E-state index in [-0.39, 0.29) is 11.5 Å². The van der Waals surface area contributed by atoms with Gasteiger partial charge in [-0.25, -0.2) is 0 Å². The molecule has 3 fully saturated rings. The van der Waals surface area contributed by atoms with Crippen molar-refractivity contribution < 1.29 is 9.90 Å². The zero-order valence-electron chi connectivity index (χ0n) is 14.1. The molecule has 4 aliphatic rings. The van der Waals surface area contributed by atoms with E-state index in [0.29, 0.717) is 23.5 Å². The number of allylic oxidation sites excluding steroid dienone is 1. The number of aliphatic hydroxyl groups excluding tert-OH is 1. The van der Waals surface area contributed by atoms with Crippen molar-refractivity contribution >= 4 is 5.78 Å². The van der Waals surface area contributed by atoms with E-state index >= 15 is 0 Å². The highest BCUT2D eigenvalue weighted by molar-refractivity contribution is 5.91. The lowest BCUT2D eigenvalue weighted by atomic mass is 9.52. The monoisotopic (exact) mass is 302 g/mol. The van der Waals surface area contributed by atoms with Crippen LogP contribution < -0.4 is 0 Å². The van der Waals surface area contributed by atoms with Gasteiger partial charge in [-0.3, -0.25) is 4.79 Å². The molecule has 0 radical (unpaired) electrons. The molecule has 1 N–H and O–H groups in total. The molecule has 0 spiro atoms. The molecular formula is C20H30O2. The Hall–Kier alpha value is -0.630. The van der Waals surface area contributed by atoms with Gasteiger partial charge in [0.2, 0.25) is 0 Å². The van der Waals surface area contributed by atoms with Crippen LogP contribution in [0, 0.1) is 35.0 Å². The molecule has 0 aromatic heterocycles. The maximum Gasteiger partial charge on any atom is 0.155 e. The smallest absolute Gasteiger partial charge is 0.155 e. The van der Waals surface area contributed by atoms with E-state index in [1.807, 2.05) is 6.08 Å². The normalized spacial score (nSPS) is 50.9. The standard InChI is InChI=1S/C20H30O2/c1-3-12-11-18-17-6-4-13-10-14(21)5-7-15(13)16(17)8-9-20(18,2)19(12)22/h10,12,15-19,22H,3-9,11H2,1-2H3/t12-,15-,16+,17+,18-,19?,20-/m0/s1. The second-order valence-corrected chi connectivity index (χ2v) is 8.70. The second-order valence-electron chi connectivity index (χ2n) is 8.70. The fraction of sp³-hybridized carbons (Fsp3) is 0.850. The Morgan fingerprint density at radius 2 is 2.05 bits per heavy atom. The molecule has 0 aromatic carbocycles. The summed E-state index contributed by atoms with van der Waals surface area (Å²) in [6.45, 7) is 4.60. The first-order chi connectivity index (χ1) is 10.5. The summed E-state index contributed by atoms with van der Waals surface area (Å²) < 4.78 is 0. The van der Waals surface area contributed by atoms with Crippen molar-refractivity contribution in [1.82, 2.24) is 0 Å². The minimum Gasteiger partial charge on any atom is -0.392 e. The van der Waals surface area contributed by atoms with Gasteiger partial charge in [0.05, 0.1) is 6.10 Å².